The molecule has 0 saturated carbocycles. The smallest absolute Gasteiger partial charge is 0.252 e. The van der Waals surface area contributed by atoms with Crippen molar-refractivity contribution in [1.82, 2.24) is 36.5 Å². The van der Waals surface area contributed by atoms with Gasteiger partial charge in [-0.25, -0.2) is 0 Å². The van der Waals surface area contributed by atoms with Crippen LogP contribution in [0.4, 0.5) is 0 Å². The summed E-state index contributed by atoms with van der Waals surface area (Å²) in [6.07, 6.45) is 1.04. The molecule has 0 aliphatic carbocycles. The number of carbonyl (C=O) groups excluding carboxylic acids is 6. The largest absolute Gasteiger partial charge is 0.391 e. The average Bonchev–Trinajstić information content (AvgIpc) is 3.64. The number of aliphatic hydroxyl groups excluding tert-OH is 1. The summed E-state index contributed by atoms with van der Waals surface area (Å²) in [6, 6.07) is 10.9. The van der Waals surface area contributed by atoms with E-state index < -0.39 is 65.8 Å². The van der Waals surface area contributed by atoms with Crippen molar-refractivity contribution in [2.75, 3.05) is 13.1 Å². The van der Waals surface area contributed by atoms with Crippen molar-refractivity contribution in [1.29, 1.82) is 0 Å². The Morgan fingerprint density at radius 1 is 0.889 bits per heavy atom. The van der Waals surface area contributed by atoms with Gasteiger partial charge in [0.15, 0.2) is 0 Å². The number of hydrogen-bond acceptors (Lipinski definition) is 8. The summed E-state index contributed by atoms with van der Waals surface area (Å²) in [5.74, 6) is -3.37. The molecule has 14 nitrogen and oxygen atoms in total. The molecule has 0 bridgehead atoms. The maximum atomic E-state index is 14.1. The van der Waals surface area contributed by atoms with Crippen molar-refractivity contribution >= 4 is 46.3 Å². The molecule has 2 aromatic carbocycles. The topological polar surface area (TPSA) is 199 Å². The molecule has 54 heavy (non-hydrogen) atoms. The van der Waals surface area contributed by atoms with Crippen LogP contribution in [0.15, 0.2) is 54.6 Å². The third-order valence-electron chi connectivity index (χ3n) is 10.0. The molecule has 0 radical (unpaired) electrons. The number of nitrogens with zero attached hydrogens (tertiary/aromatic N) is 2. The average molecular weight is 742 g/mol. The number of rotatable bonds is 6. The highest BCUT2D eigenvalue weighted by atomic mass is 16.3. The lowest BCUT2D eigenvalue weighted by Gasteiger charge is -2.30. The molecular weight excluding hydrogens is 690 g/mol. The number of aryl methyl sites for hydroxylation is 2. The summed E-state index contributed by atoms with van der Waals surface area (Å²) in [4.78, 5) is 88.6. The standard InChI is InChI=1S/C40H51N7O7/c1-5-29-36(50)46-34(25(4)48)39(53)45-32(22-26-12-7-6-8-13-26)40(54)47-19-11-15-33(47)38(52)41-18-10-9-14-31(37(51)43-29)44-35(49)28-21-24(3)42-30-17-16-23(2)20-27(28)30/h6-8,12-13,16-17,20-21,25,29,31-34,48H,5,9-11,14-15,18-19,22H2,1-4H3,(H,41,52)(H,43,51)(H,44,49)(H,45,53)(H,46,50)/t25-,29+,31+,32-,33+,34+/m1/s1. The van der Waals surface area contributed by atoms with Crippen LogP contribution in [-0.2, 0) is 30.4 Å². The number of aliphatic hydroxyl groups is 1. The number of aromatic nitrogens is 1. The molecule has 2 saturated heterocycles. The van der Waals surface area contributed by atoms with Crippen LogP contribution in [0.3, 0.4) is 0 Å². The molecule has 6 atom stereocenters. The molecule has 3 heterocycles. The molecule has 2 aliphatic rings. The third kappa shape index (κ3) is 9.78. The number of fused-ring (bicyclic) bond motifs is 2. The van der Waals surface area contributed by atoms with Gasteiger partial charge < -0.3 is 36.6 Å². The maximum Gasteiger partial charge on any atom is 0.252 e. The van der Waals surface area contributed by atoms with Gasteiger partial charge in [-0.1, -0.05) is 48.9 Å². The Hall–Kier alpha value is -5.37. The van der Waals surface area contributed by atoms with E-state index >= 15 is 0 Å². The highest BCUT2D eigenvalue weighted by Gasteiger charge is 2.39. The monoisotopic (exact) mass is 741 g/mol. The van der Waals surface area contributed by atoms with Gasteiger partial charge in [-0.2, -0.15) is 0 Å². The van der Waals surface area contributed by atoms with E-state index in [1.54, 1.807) is 19.9 Å². The van der Waals surface area contributed by atoms with E-state index in [-0.39, 0.29) is 31.7 Å². The lowest BCUT2D eigenvalue weighted by atomic mass is 10.0. The molecule has 6 N–H and O–H groups in total. The molecule has 6 amide bonds. The summed E-state index contributed by atoms with van der Waals surface area (Å²) >= 11 is 0. The van der Waals surface area contributed by atoms with Crippen LogP contribution in [0.5, 0.6) is 0 Å². The Kier molecular flexibility index (Phi) is 13.4. The van der Waals surface area contributed by atoms with E-state index in [0.717, 1.165) is 11.1 Å². The zero-order valence-corrected chi connectivity index (χ0v) is 31.3. The SMILES string of the molecule is CC[C@@H]1NC(=O)[C@@H](NC(=O)c2cc(C)nc3ccc(C)cc23)CCCCNC(=O)[C@@H]2CCCN2C(=O)[C@@H](Cc2ccccc2)NC(=O)[C@H]([C@@H](C)O)NC1=O. The molecule has 2 fully saturated rings. The number of amides is 6. The van der Waals surface area contributed by atoms with Crippen molar-refractivity contribution in [3.63, 3.8) is 0 Å². The van der Waals surface area contributed by atoms with Gasteiger partial charge in [-0.15, -0.1) is 0 Å². The molecule has 14 heteroatoms. The Morgan fingerprint density at radius 3 is 2.35 bits per heavy atom. The normalized spacial score (nSPS) is 24.2. The summed E-state index contributed by atoms with van der Waals surface area (Å²) in [7, 11) is 0. The Labute approximate surface area is 315 Å². The molecule has 0 spiro atoms. The van der Waals surface area contributed by atoms with Crippen LogP contribution in [0.25, 0.3) is 10.9 Å². The predicted octanol–water partition coefficient (Wildman–Crippen LogP) is 1.73. The van der Waals surface area contributed by atoms with E-state index in [1.165, 1.54) is 11.8 Å². The molecular formula is C40H51N7O7. The minimum atomic E-state index is -1.48. The first-order valence-corrected chi connectivity index (χ1v) is 18.8. The first-order chi connectivity index (χ1) is 25.9. The molecule has 288 valence electrons. The lowest BCUT2D eigenvalue weighted by Crippen LogP contribution is -2.61. The number of carbonyl (C=O) groups is 6. The van der Waals surface area contributed by atoms with E-state index in [0.29, 0.717) is 54.4 Å². The van der Waals surface area contributed by atoms with Gasteiger partial charge in [-0.05, 0) is 83.1 Å². The van der Waals surface area contributed by atoms with Gasteiger partial charge in [-0.3, -0.25) is 33.8 Å². The van der Waals surface area contributed by atoms with Gasteiger partial charge in [0.1, 0.15) is 30.2 Å². The summed E-state index contributed by atoms with van der Waals surface area (Å²) in [5.41, 5.74) is 3.33. The summed E-state index contributed by atoms with van der Waals surface area (Å²) < 4.78 is 0. The highest BCUT2D eigenvalue weighted by Crippen LogP contribution is 2.22. The summed E-state index contributed by atoms with van der Waals surface area (Å²) in [6.45, 7) is 7.31. The van der Waals surface area contributed by atoms with Crippen molar-refractivity contribution in [3.8, 4) is 0 Å². The first-order valence-electron chi connectivity index (χ1n) is 18.8. The molecule has 2 aliphatic heterocycles. The second-order valence-electron chi connectivity index (χ2n) is 14.3. The van der Waals surface area contributed by atoms with Crippen LogP contribution in [0.1, 0.15) is 79.6 Å². The maximum absolute atomic E-state index is 14.1. The number of hydrogen-bond donors (Lipinski definition) is 6. The van der Waals surface area contributed by atoms with Crippen molar-refractivity contribution in [3.05, 3.63) is 77.0 Å². The number of nitrogens with one attached hydrogen (secondary N) is 5. The minimum Gasteiger partial charge on any atom is -0.391 e. The third-order valence-corrected chi connectivity index (χ3v) is 10.0. The van der Waals surface area contributed by atoms with Crippen LogP contribution < -0.4 is 26.6 Å². The lowest BCUT2D eigenvalue weighted by molar-refractivity contribution is -0.142. The van der Waals surface area contributed by atoms with Crippen molar-refractivity contribution in [2.45, 2.75) is 109 Å². The van der Waals surface area contributed by atoms with Gasteiger partial charge >= 0.3 is 0 Å². The van der Waals surface area contributed by atoms with E-state index in [4.69, 9.17) is 0 Å². The van der Waals surface area contributed by atoms with Crippen LogP contribution in [0, 0.1) is 13.8 Å². The van der Waals surface area contributed by atoms with Crippen LogP contribution in [-0.4, -0.2) is 99.8 Å². The van der Waals surface area contributed by atoms with E-state index in [1.807, 2.05) is 55.5 Å². The van der Waals surface area contributed by atoms with E-state index in [2.05, 4.69) is 31.6 Å². The second-order valence-corrected chi connectivity index (χ2v) is 14.3. The fourth-order valence-corrected chi connectivity index (χ4v) is 7.07. The van der Waals surface area contributed by atoms with Gasteiger partial charge in [0, 0.05) is 30.6 Å². The van der Waals surface area contributed by atoms with Crippen LogP contribution >= 0.6 is 0 Å². The van der Waals surface area contributed by atoms with Gasteiger partial charge in [0.25, 0.3) is 5.91 Å². The molecule has 5 rings (SSSR count). The molecule has 0 unspecified atom stereocenters. The Balaban J connectivity index is 1.42. The Bertz CT molecular complexity index is 1870. The molecule has 1 aromatic heterocycles. The summed E-state index contributed by atoms with van der Waals surface area (Å²) in [5, 5.41) is 25.2. The van der Waals surface area contributed by atoms with Crippen molar-refractivity contribution in [2.24, 2.45) is 0 Å². The van der Waals surface area contributed by atoms with E-state index in [9.17, 15) is 33.9 Å². The van der Waals surface area contributed by atoms with Gasteiger partial charge in [0.05, 0.1) is 17.2 Å². The zero-order valence-electron chi connectivity index (χ0n) is 31.3. The molecule has 3 aromatic rings. The first kappa shape index (κ1) is 39.8. The number of pyridine rings is 1. The zero-order chi connectivity index (χ0) is 38.9. The Morgan fingerprint density at radius 2 is 1.63 bits per heavy atom. The van der Waals surface area contributed by atoms with Crippen LogP contribution in [0.2, 0.25) is 0 Å². The predicted molar refractivity (Wildman–Crippen MR) is 202 cm³/mol. The fourth-order valence-electron chi connectivity index (χ4n) is 7.07. The number of benzene rings is 2. The van der Waals surface area contributed by atoms with Crippen molar-refractivity contribution < 1.29 is 33.9 Å². The second kappa shape index (κ2) is 18.1. The minimum absolute atomic E-state index is 0.117. The fraction of sp³-hybridized carbons (Fsp3) is 0.475. The highest BCUT2D eigenvalue weighted by molar-refractivity contribution is 6.08. The quantitative estimate of drug-likeness (QED) is 0.220. The van der Waals surface area contributed by atoms with Gasteiger partial charge in [0.2, 0.25) is 29.5 Å².